The fraction of sp³-hybridized carbons (Fsp3) is 0.529. The third kappa shape index (κ3) is 3.57. The van der Waals surface area contributed by atoms with Gasteiger partial charge in [0.2, 0.25) is 0 Å². The highest BCUT2D eigenvalue weighted by molar-refractivity contribution is 5.92. The molecule has 8 nitrogen and oxygen atoms in total. The third-order valence-electron chi connectivity index (χ3n) is 4.46. The number of hydrogen-bond donors (Lipinski definition) is 0. The molecule has 3 rings (SSSR count). The largest absolute Gasteiger partial charge is 0.470 e. The number of ether oxygens (including phenoxy) is 1. The minimum atomic E-state index is -0.0804. The van der Waals surface area contributed by atoms with Crippen LogP contribution in [0.1, 0.15) is 30.8 Å². The van der Waals surface area contributed by atoms with Crippen LogP contribution in [0.4, 0.5) is 5.82 Å². The summed E-state index contributed by atoms with van der Waals surface area (Å²) in [6.07, 6.45) is 7.23. The second-order valence-corrected chi connectivity index (χ2v) is 6.03. The lowest BCUT2D eigenvalue weighted by Crippen LogP contribution is -2.32. The van der Waals surface area contributed by atoms with E-state index < -0.39 is 0 Å². The summed E-state index contributed by atoms with van der Waals surface area (Å²) in [6.45, 7) is 7.02. The van der Waals surface area contributed by atoms with E-state index in [9.17, 15) is 4.79 Å². The zero-order valence-electron chi connectivity index (χ0n) is 14.9. The first-order chi connectivity index (χ1) is 12.1. The van der Waals surface area contributed by atoms with Crippen LogP contribution in [-0.2, 0) is 7.05 Å². The molecule has 2 aromatic rings. The molecule has 0 aromatic carbocycles. The maximum atomic E-state index is 12.6. The molecule has 1 amide bonds. The van der Waals surface area contributed by atoms with Crippen molar-refractivity contribution in [1.29, 1.82) is 0 Å². The molecule has 25 heavy (non-hydrogen) atoms. The predicted octanol–water partition coefficient (Wildman–Crippen LogP) is 1.35. The second kappa shape index (κ2) is 7.50. The molecule has 1 fully saturated rings. The van der Waals surface area contributed by atoms with Crippen LogP contribution >= 0.6 is 0 Å². The van der Waals surface area contributed by atoms with Gasteiger partial charge in [-0.2, -0.15) is 0 Å². The van der Waals surface area contributed by atoms with Crippen LogP contribution in [0, 0.1) is 0 Å². The Balaban J connectivity index is 1.68. The minimum absolute atomic E-state index is 0.0192. The van der Waals surface area contributed by atoms with Gasteiger partial charge in [-0.25, -0.2) is 15.0 Å². The number of nitrogens with zero attached hydrogens (tertiary/aromatic N) is 6. The lowest BCUT2D eigenvalue weighted by Gasteiger charge is -2.23. The number of hydrogen-bond acceptors (Lipinski definition) is 6. The zero-order chi connectivity index (χ0) is 17.8. The fourth-order valence-corrected chi connectivity index (χ4v) is 3.03. The van der Waals surface area contributed by atoms with E-state index in [1.165, 1.54) is 0 Å². The highest BCUT2D eigenvalue weighted by Gasteiger charge is 2.30. The first-order valence-electron chi connectivity index (χ1n) is 8.62. The normalized spacial score (nSPS) is 16.9. The molecule has 0 aliphatic carbocycles. The van der Waals surface area contributed by atoms with Crippen molar-refractivity contribution < 1.29 is 9.53 Å². The van der Waals surface area contributed by atoms with E-state index in [1.807, 2.05) is 7.05 Å². The summed E-state index contributed by atoms with van der Waals surface area (Å²) in [4.78, 5) is 29.3. The van der Waals surface area contributed by atoms with Crippen LogP contribution in [0.15, 0.2) is 24.9 Å². The van der Waals surface area contributed by atoms with Gasteiger partial charge in [0.15, 0.2) is 5.82 Å². The highest BCUT2D eigenvalue weighted by Crippen LogP contribution is 2.26. The van der Waals surface area contributed by atoms with Crippen LogP contribution in [0.2, 0.25) is 0 Å². The number of aryl methyl sites for hydroxylation is 1. The van der Waals surface area contributed by atoms with E-state index in [0.717, 1.165) is 25.3 Å². The van der Waals surface area contributed by atoms with Gasteiger partial charge in [0.1, 0.15) is 11.8 Å². The van der Waals surface area contributed by atoms with Gasteiger partial charge in [-0.15, -0.1) is 0 Å². The number of aromatic nitrogens is 4. The molecule has 1 atom stereocenters. The van der Waals surface area contributed by atoms with Crippen LogP contribution in [-0.4, -0.2) is 62.6 Å². The summed E-state index contributed by atoms with van der Waals surface area (Å²) in [5, 5.41) is 0. The molecule has 0 saturated carbocycles. The molecule has 3 heterocycles. The first-order valence-corrected chi connectivity index (χ1v) is 8.62. The van der Waals surface area contributed by atoms with Crippen LogP contribution in [0.3, 0.4) is 0 Å². The van der Waals surface area contributed by atoms with Crippen molar-refractivity contribution in [2.45, 2.75) is 26.4 Å². The van der Waals surface area contributed by atoms with Crippen LogP contribution in [0.25, 0.3) is 0 Å². The Labute approximate surface area is 147 Å². The Morgan fingerprint density at radius 2 is 2.08 bits per heavy atom. The molecule has 0 spiro atoms. The van der Waals surface area contributed by atoms with Crippen molar-refractivity contribution >= 4 is 11.7 Å². The third-order valence-corrected chi connectivity index (χ3v) is 4.46. The van der Waals surface area contributed by atoms with Crippen molar-refractivity contribution in [3.8, 4) is 5.88 Å². The minimum Gasteiger partial charge on any atom is -0.470 e. The summed E-state index contributed by atoms with van der Waals surface area (Å²) in [7, 11) is 1.82. The van der Waals surface area contributed by atoms with Crippen molar-refractivity contribution in [3.05, 3.63) is 30.6 Å². The van der Waals surface area contributed by atoms with Crippen molar-refractivity contribution in [3.63, 3.8) is 0 Å². The molecular weight excluding hydrogens is 320 g/mol. The van der Waals surface area contributed by atoms with E-state index in [-0.39, 0.29) is 12.0 Å². The Morgan fingerprint density at radius 1 is 1.32 bits per heavy atom. The number of rotatable bonds is 6. The molecule has 0 radical (unpaired) electrons. The fourth-order valence-electron chi connectivity index (χ4n) is 3.03. The number of likely N-dealkylation sites (tertiary alicyclic amines) is 1. The SMILES string of the molecule is CCN(CC)c1nccnc1OC1CCN(C(=O)c2cncn2C)C1. The Bertz CT molecular complexity index is 727. The molecule has 2 aromatic heterocycles. The molecule has 0 bridgehead atoms. The van der Waals surface area contributed by atoms with Gasteiger partial charge in [-0.1, -0.05) is 0 Å². The van der Waals surface area contributed by atoms with Gasteiger partial charge in [0.05, 0.1) is 19.1 Å². The lowest BCUT2D eigenvalue weighted by molar-refractivity contribution is 0.0762. The van der Waals surface area contributed by atoms with Crippen molar-refractivity contribution in [2.75, 3.05) is 31.1 Å². The average molecular weight is 344 g/mol. The molecular formula is C17H24N6O2. The van der Waals surface area contributed by atoms with E-state index >= 15 is 0 Å². The maximum Gasteiger partial charge on any atom is 0.272 e. The summed E-state index contributed by atoms with van der Waals surface area (Å²) in [6, 6.07) is 0. The standard InChI is InChI=1S/C17H24N6O2/c1-4-22(5-2)15-16(20-8-7-19-15)25-13-6-9-23(11-13)17(24)14-10-18-12-21(14)3/h7-8,10,12-13H,4-6,9,11H2,1-3H3. The van der Waals surface area contributed by atoms with Gasteiger partial charge < -0.3 is 19.1 Å². The second-order valence-electron chi connectivity index (χ2n) is 6.03. The predicted molar refractivity (Wildman–Crippen MR) is 93.7 cm³/mol. The van der Waals surface area contributed by atoms with E-state index in [4.69, 9.17) is 4.74 Å². The quantitative estimate of drug-likeness (QED) is 0.787. The molecule has 134 valence electrons. The molecule has 8 heteroatoms. The number of imidazole rings is 1. The molecule has 1 unspecified atom stereocenters. The van der Waals surface area contributed by atoms with Crippen LogP contribution < -0.4 is 9.64 Å². The highest BCUT2D eigenvalue weighted by atomic mass is 16.5. The summed E-state index contributed by atoms with van der Waals surface area (Å²) in [5.74, 6) is 1.27. The van der Waals surface area contributed by atoms with Gasteiger partial charge in [-0.3, -0.25) is 4.79 Å². The number of anilines is 1. The van der Waals surface area contributed by atoms with Gasteiger partial charge >= 0.3 is 0 Å². The average Bonchev–Trinajstić information content (AvgIpc) is 3.26. The van der Waals surface area contributed by atoms with Crippen molar-refractivity contribution in [1.82, 2.24) is 24.4 Å². The van der Waals surface area contributed by atoms with Crippen molar-refractivity contribution in [2.24, 2.45) is 7.05 Å². The summed E-state index contributed by atoms with van der Waals surface area (Å²) in [5.41, 5.74) is 0.587. The Morgan fingerprint density at radius 3 is 2.76 bits per heavy atom. The topological polar surface area (TPSA) is 76.4 Å². The lowest BCUT2D eigenvalue weighted by atomic mass is 10.3. The number of amides is 1. The monoisotopic (exact) mass is 344 g/mol. The van der Waals surface area contributed by atoms with Gasteiger partial charge in [-0.05, 0) is 13.8 Å². The Hall–Kier alpha value is -2.64. The number of carbonyl (C=O) groups excluding carboxylic acids is 1. The Kier molecular flexibility index (Phi) is 5.16. The number of carbonyl (C=O) groups is 1. The van der Waals surface area contributed by atoms with E-state index in [0.29, 0.717) is 24.7 Å². The molecule has 0 N–H and O–H groups in total. The van der Waals surface area contributed by atoms with E-state index in [1.54, 1.807) is 34.4 Å². The summed E-state index contributed by atoms with van der Waals surface area (Å²) >= 11 is 0. The molecule has 1 aliphatic heterocycles. The zero-order valence-corrected chi connectivity index (χ0v) is 14.9. The molecule has 1 aliphatic rings. The first kappa shape index (κ1) is 17.2. The molecule has 1 saturated heterocycles. The summed E-state index contributed by atoms with van der Waals surface area (Å²) < 4.78 is 7.82. The smallest absolute Gasteiger partial charge is 0.272 e. The van der Waals surface area contributed by atoms with E-state index in [2.05, 4.69) is 33.7 Å². The van der Waals surface area contributed by atoms with Crippen LogP contribution in [0.5, 0.6) is 5.88 Å². The van der Waals surface area contributed by atoms with Gasteiger partial charge in [0, 0.05) is 45.5 Å². The van der Waals surface area contributed by atoms with Gasteiger partial charge in [0.25, 0.3) is 11.8 Å². The maximum absolute atomic E-state index is 12.6.